The highest BCUT2D eigenvalue weighted by Gasteiger charge is 2.33. The number of likely N-dealkylation sites (tertiary alicyclic amines) is 1. The number of aliphatic hydroxyl groups excluding tert-OH is 1. The van der Waals surface area contributed by atoms with Gasteiger partial charge in [0.25, 0.3) is 0 Å². The molecule has 1 aliphatic heterocycles. The van der Waals surface area contributed by atoms with Crippen LogP contribution in [0.5, 0.6) is 5.75 Å². The smallest absolute Gasteiger partial charge is 0.123 e. The Morgan fingerprint density at radius 1 is 1.15 bits per heavy atom. The van der Waals surface area contributed by atoms with Crippen LogP contribution in [0.1, 0.15) is 11.1 Å². The molecule has 0 radical (unpaired) electrons. The third-order valence-corrected chi connectivity index (χ3v) is 3.82. The van der Waals surface area contributed by atoms with Crippen LogP contribution in [0.4, 0.5) is 0 Å². The van der Waals surface area contributed by atoms with E-state index in [-0.39, 0.29) is 18.8 Å². The number of methoxy groups -OCH3 is 3. The van der Waals surface area contributed by atoms with Gasteiger partial charge >= 0.3 is 0 Å². The summed E-state index contributed by atoms with van der Waals surface area (Å²) in [4.78, 5) is 2.28. The van der Waals surface area contributed by atoms with Gasteiger partial charge in [0.15, 0.2) is 0 Å². The third-order valence-electron chi connectivity index (χ3n) is 3.82. The molecular formula is C15H23NO4. The van der Waals surface area contributed by atoms with Crippen molar-refractivity contribution in [1.82, 2.24) is 4.90 Å². The number of hydrogen-bond acceptors (Lipinski definition) is 5. The average Bonchev–Trinajstić information content (AvgIpc) is 2.89. The van der Waals surface area contributed by atoms with Crippen molar-refractivity contribution in [3.8, 4) is 5.75 Å². The number of benzene rings is 1. The lowest BCUT2D eigenvalue weighted by Gasteiger charge is -2.18. The fourth-order valence-corrected chi connectivity index (χ4v) is 2.70. The molecule has 1 heterocycles. The number of nitrogens with zero attached hydrogens (tertiary/aromatic N) is 1. The molecule has 20 heavy (non-hydrogen) atoms. The number of aliphatic hydroxyl groups is 1. The maximum atomic E-state index is 9.25. The van der Waals surface area contributed by atoms with Crippen LogP contribution < -0.4 is 4.74 Å². The molecule has 1 saturated heterocycles. The van der Waals surface area contributed by atoms with Crippen molar-refractivity contribution in [2.45, 2.75) is 25.4 Å². The average molecular weight is 281 g/mol. The Balaban J connectivity index is 2.10. The zero-order valence-electron chi connectivity index (χ0n) is 12.3. The Morgan fingerprint density at radius 3 is 2.30 bits per heavy atom. The molecule has 1 N–H and O–H groups in total. The van der Waals surface area contributed by atoms with E-state index in [1.165, 1.54) is 0 Å². The molecule has 0 amide bonds. The van der Waals surface area contributed by atoms with Gasteiger partial charge in [-0.3, -0.25) is 4.90 Å². The van der Waals surface area contributed by atoms with Crippen LogP contribution in [0.3, 0.4) is 0 Å². The molecule has 1 aromatic carbocycles. The molecule has 1 aliphatic rings. The van der Waals surface area contributed by atoms with E-state index >= 15 is 0 Å². The van der Waals surface area contributed by atoms with E-state index in [1.807, 2.05) is 18.2 Å². The van der Waals surface area contributed by atoms with Crippen molar-refractivity contribution < 1.29 is 19.3 Å². The first kappa shape index (κ1) is 15.3. The summed E-state index contributed by atoms with van der Waals surface area (Å²) in [6, 6.07) is 5.77. The van der Waals surface area contributed by atoms with Crippen LogP contribution in [0.15, 0.2) is 18.2 Å². The largest absolute Gasteiger partial charge is 0.496 e. The molecule has 5 heteroatoms. The summed E-state index contributed by atoms with van der Waals surface area (Å²) >= 11 is 0. The first-order valence-electron chi connectivity index (χ1n) is 6.76. The lowest BCUT2D eigenvalue weighted by Crippen LogP contribution is -2.27. The second-order valence-electron chi connectivity index (χ2n) is 5.05. The predicted octanol–water partition coefficient (Wildman–Crippen LogP) is 1.03. The maximum Gasteiger partial charge on any atom is 0.123 e. The summed E-state index contributed by atoms with van der Waals surface area (Å²) in [6.45, 7) is 2.47. The van der Waals surface area contributed by atoms with E-state index < -0.39 is 0 Å². The Hall–Kier alpha value is -1.14. The van der Waals surface area contributed by atoms with Crippen molar-refractivity contribution in [3.63, 3.8) is 0 Å². The van der Waals surface area contributed by atoms with Crippen molar-refractivity contribution in [3.05, 3.63) is 29.3 Å². The monoisotopic (exact) mass is 281 g/mol. The second kappa shape index (κ2) is 7.04. The highest BCUT2D eigenvalue weighted by atomic mass is 16.5. The summed E-state index contributed by atoms with van der Waals surface area (Å²) in [7, 11) is 5.09. The van der Waals surface area contributed by atoms with Gasteiger partial charge in [0.2, 0.25) is 0 Å². The minimum atomic E-state index is 0.0401. The van der Waals surface area contributed by atoms with Crippen LogP contribution in [-0.2, 0) is 22.6 Å². The molecule has 1 fully saturated rings. The quantitative estimate of drug-likeness (QED) is 0.844. The van der Waals surface area contributed by atoms with Crippen molar-refractivity contribution in [1.29, 1.82) is 0 Å². The molecule has 0 saturated carbocycles. The normalized spacial score (nSPS) is 23.2. The summed E-state index contributed by atoms with van der Waals surface area (Å²) in [6.07, 6.45) is 0.207. The van der Waals surface area contributed by atoms with Crippen molar-refractivity contribution >= 4 is 0 Å². The van der Waals surface area contributed by atoms with Crippen molar-refractivity contribution in [2.75, 3.05) is 34.4 Å². The highest BCUT2D eigenvalue weighted by Crippen LogP contribution is 2.25. The van der Waals surface area contributed by atoms with Crippen LogP contribution in [-0.4, -0.2) is 56.6 Å². The molecule has 0 bridgehead atoms. The molecule has 112 valence electrons. The second-order valence-corrected chi connectivity index (χ2v) is 5.05. The van der Waals surface area contributed by atoms with Crippen LogP contribution in [0.25, 0.3) is 0 Å². The molecule has 2 atom stereocenters. The van der Waals surface area contributed by atoms with Gasteiger partial charge < -0.3 is 19.3 Å². The number of ether oxygens (including phenoxy) is 3. The van der Waals surface area contributed by atoms with Gasteiger partial charge in [-0.05, 0) is 17.7 Å². The van der Waals surface area contributed by atoms with E-state index in [0.29, 0.717) is 0 Å². The van der Waals surface area contributed by atoms with Gasteiger partial charge in [-0.1, -0.05) is 6.07 Å². The molecular weight excluding hydrogens is 258 g/mol. The van der Waals surface area contributed by atoms with Gasteiger partial charge in [-0.25, -0.2) is 0 Å². The molecule has 2 unspecified atom stereocenters. The maximum absolute atomic E-state index is 9.25. The van der Waals surface area contributed by atoms with Gasteiger partial charge in [-0.2, -0.15) is 0 Å². The minimum Gasteiger partial charge on any atom is -0.496 e. The molecule has 0 aromatic heterocycles. The van der Waals surface area contributed by atoms with E-state index in [2.05, 4.69) is 4.90 Å². The van der Waals surface area contributed by atoms with Gasteiger partial charge in [0.1, 0.15) is 5.75 Å². The van der Waals surface area contributed by atoms with Gasteiger partial charge in [0.05, 0.1) is 25.9 Å². The first-order valence-corrected chi connectivity index (χ1v) is 6.76. The lowest BCUT2D eigenvalue weighted by molar-refractivity contribution is -0.00461. The fourth-order valence-electron chi connectivity index (χ4n) is 2.70. The molecule has 0 aliphatic carbocycles. The van der Waals surface area contributed by atoms with Crippen LogP contribution in [0, 0.1) is 0 Å². The summed E-state index contributed by atoms with van der Waals surface area (Å²) in [5.41, 5.74) is 1.97. The topological polar surface area (TPSA) is 51.2 Å². The Bertz CT molecular complexity index is 426. The Morgan fingerprint density at radius 2 is 1.80 bits per heavy atom. The zero-order chi connectivity index (χ0) is 14.5. The molecule has 5 nitrogen and oxygen atoms in total. The summed E-state index contributed by atoms with van der Waals surface area (Å²) in [5, 5.41) is 9.25. The number of hydrogen-bond donors (Lipinski definition) is 1. The van der Waals surface area contributed by atoms with E-state index in [9.17, 15) is 5.11 Å². The molecule has 0 spiro atoms. The van der Waals surface area contributed by atoms with E-state index in [4.69, 9.17) is 14.2 Å². The predicted molar refractivity (Wildman–Crippen MR) is 75.8 cm³/mol. The third kappa shape index (κ3) is 3.30. The van der Waals surface area contributed by atoms with Gasteiger partial charge in [-0.15, -0.1) is 0 Å². The van der Waals surface area contributed by atoms with Crippen molar-refractivity contribution in [2.24, 2.45) is 0 Å². The van der Waals surface area contributed by atoms with Crippen LogP contribution in [0.2, 0.25) is 0 Å². The standard InChI is InChI=1S/C15H23NO4/c1-18-13-5-4-11(10-17)6-12(13)7-16-8-14(19-2)15(9-16)20-3/h4-6,14-15,17H,7-10H2,1-3H3. The summed E-state index contributed by atoms with van der Waals surface area (Å²) < 4.78 is 16.3. The summed E-state index contributed by atoms with van der Waals surface area (Å²) in [5.74, 6) is 0.844. The first-order chi connectivity index (χ1) is 9.71. The van der Waals surface area contributed by atoms with Gasteiger partial charge in [0, 0.05) is 39.4 Å². The highest BCUT2D eigenvalue weighted by molar-refractivity contribution is 5.37. The SMILES string of the molecule is COc1ccc(CO)cc1CN1CC(OC)C(OC)C1. The van der Waals surface area contributed by atoms with Crippen LogP contribution >= 0.6 is 0 Å². The van der Waals surface area contributed by atoms with E-state index in [1.54, 1.807) is 21.3 Å². The fraction of sp³-hybridized carbons (Fsp3) is 0.600. The Labute approximate surface area is 120 Å². The lowest BCUT2D eigenvalue weighted by atomic mass is 10.1. The molecule has 2 rings (SSSR count). The Kier molecular flexibility index (Phi) is 5.37. The molecule has 1 aromatic rings. The van der Waals surface area contributed by atoms with E-state index in [0.717, 1.165) is 36.5 Å². The minimum absolute atomic E-state index is 0.0401. The number of rotatable bonds is 6. The zero-order valence-corrected chi connectivity index (χ0v) is 12.3.